The first kappa shape index (κ1) is 13.0. The van der Waals surface area contributed by atoms with Crippen molar-refractivity contribution in [3.63, 3.8) is 0 Å². The molecule has 1 aliphatic rings. The van der Waals surface area contributed by atoms with Crippen LogP contribution in [0, 0.1) is 5.92 Å². The van der Waals surface area contributed by atoms with Crippen LogP contribution < -0.4 is 0 Å². The zero-order valence-corrected chi connectivity index (χ0v) is 11.6. The summed E-state index contributed by atoms with van der Waals surface area (Å²) in [7, 11) is 1.95. The predicted molar refractivity (Wildman–Crippen MR) is 67.2 cm³/mol. The van der Waals surface area contributed by atoms with Crippen molar-refractivity contribution in [2.24, 2.45) is 5.92 Å². The minimum atomic E-state index is 0.00171. The molecule has 1 saturated carbocycles. The Balaban J connectivity index is 2.46. The van der Waals surface area contributed by atoms with Crippen molar-refractivity contribution in [2.45, 2.75) is 56.8 Å². The molecule has 1 unspecified atom stereocenters. The van der Waals surface area contributed by atoms with Crippen molar-refractivity contribution in [3.05, 3.63) is 0 Å². The Morgan fingerprint density at radius 3 is 2.40 bits per heavy atom. The number of hydrogen-bond acceptors (Lipinski definition) is 1. The van der Waals surface area contributed by atoms with Crippen LogP contribution in [0.15, 0.2) is 0 Å². The zero-order valence-electron chi connectivity index (χ0n) is 10.0. The van der Waals surface area contributed by atoms with E-state index in [1.807, 2.05) is 18.9 Å². The van der Waals surface area contributed by atoms with Gasteiger partial charge in [0.25, 0.3) is 0 Å². The Kier molecular flexibility index (Phi) is 5.10. The Bertz CT molecular complexity index is 212. The molecular formula is C12H22BrNO. The van der Waals surface area contributed by atoms with Gasteiger partial charge in [-0.3, -0.25) is 4.79 Å². The van der Waals surface area contributed by atoms with E-state index in [9.17, 15) is 4.79 Å². The van der Waals surface area contributed by atoms with Crippen LogP contribution in [0.4, 0.5) is 0 Å². The van der Waals surface area contributed by atoms with E-state index in [0.717, 1.165) is 12.3 Å². The third kappa shape index (κ3) is 3.47. The van der Waals surface area contributed by atoms with E-state index >= 15 is 0 Å². The second kappa shape index (κ2) is 5.88. The number of carbonyl (C=O) groups excluding carboxylic acids is 1. The average Bonchev–Trinajstić information content (AvgIpc) is 2.27. The summed E-state index contributed by atoms with van der Waals surface area (Å²) in [5.41, 5.74) is 0. The second-order valence-corrected chi connectivity index (χ2v) is 5.84. The van der Waals surface area contributed by atoms with E-state index < -0.39 is 0 Å². The van der Waals surface area contributed by atoms with Crippen molar-refractivity contribution in [3.8, 4) is 0 Å². The SMILES string of the molecule is CCC(Br)C(=O)N(C)C1CCC(C)CC1. The standard InChI is InChI=1S/C12H22BrNO/c1-4-11(13)12(15)14(3)10-7-5-9(2)6-8-10/h9-11H,4-8H2,1-3H3. The quantitative estimate of drug-likeness (QED) is 0.725. The first-order valence-electron chi connectivity index (χ1n) is 5.97. The number of alkyl halides is 1. The van der Waals surface area contributed by atoms with Gasteiger partial charge in [0.05, 0.1) is 4.83 Å². The van der Waals surface area contributed by atoms with Gasteiger partial charge >= 0.3 is 0 Å². The van der Waals surface area contributed by atoms with Gasteiger partial charge in [-0.2, -0.15) is 0 Å². The molecule has 1 rings (SSSR count). The summed E-state index contributed by atoms with van der Waals surface area (Å²) < 4.78 is 0. The molecule has 1 aliphatic carbocycles. The van der Waals surface area contributed by atoms with Gasteiger partial charge in [0.1, 0.15) is 0 Å². The van der Waals surface area contributed by atoms with Gasteiger partial charge in [-0.25, -0.2) is 0 Å². The molecule has 88 valence electrons. The smallest absolute Gasteiger partial charge is 0.236 e. The van der Waals surface area contributed by atoms with Gasteiger partial charge < -0.3 is 4.90 Å². The molecule has 15 heavy (non-hydrogen) atoms. The van der Waals surface area contributed by atoms with Crippen LogP contribution in [0.3, 0.4) is 0 Å². The minimum absolute atomic E-state index is 0.00171. The molecule has 0 saturated heterocycles. The van der Waals surface area contributed by atoms with E-state index in [2.05, 4.69) is 22.9 Å². The average molecular weight is 276 g/mol. The molecule has 0 spiro atoms. The number of hydrogen-bond donors (Lipinski definition) is 0. The van der Waals surface area contributed by atoms with Crippen molar-refractivity contribution in [1.29, 1.82) is 0 Å². The maximum Gasteiger partial charge on any atom is 0.236 e. The van der Waals surface area contributed by atoms with Crippen LogP contribution >= 0.6 is 15.9 Å². The van der Waals surface area contributed by atoms with Crippen LogP contribution in [0.1, 0.15) is 46.0 Å². The normalized spacial score (nSPS) is 28.5. The number of nitrogens with zero attached hydrogens (tertiary/aromatic N) is 1. The fraction of sp³-hybridized carbons (Fsp3) is 0.917. The Labute approximate surface area is 102 Å². The van der Waals surface area contributed by atoms with Crippen molar-refractivity contribution in [1.82, 2.24) is 4.90 Å². The molecule has 0 radical (unpaired) electrons. The molecule has 0 N–H and O–H groups in total. The lowest BCUT2D eigenvalue weighted by Gasteiger charge is -2.34. The van der Waals surface area contributed by atoms with Gasteiger partial charge in [0.2, 0.25) is 5.91 Å². The second-order valence-electron chi connectivity index (χ2n) is 4.74. The fourth-order valence-electron chi connectivity index (χ4n) is 2.21. The minimum Gasteiger partial charge on any atom is -0.342 e. The zero-order chi connectivity index (χ0) is 11.4. The Morgan fingerprint density at radius 1 is 1.40 bits per heavy atom. The van der Waals surface area contributed by atoms with Crippen LogP contribution in [0.2, 0.25) is 0 Å². The van der Waals surface area contributed by atoms with E-state index in [1.165, 1.54) is 25.7 Å². The molecule has 3 heteroatoms. The van der Waals surface area contributed by atoms with Crippen LogP contribution in [-0.4, -0.2) is 28.7 Å². The topological polar surface area (TPSA) is 20.3 Å². The summed E-state index contributed by atoms with van der Waals surface area (Å²) in [4.78, 5) is 13.9. The first-order chi connectivity index (χ1) is 7.06. The molecule has 1 fully saturated rings. The monoisotopic (exact) mass is 275 g/mol. The first-order valence-corrected chi connectivity index (χ1v) is 6.88. The molecule has 0 bridgehead atoms. The maximum atomic E-state index is 11.9. The number of amides is 1. The molecule has 1 atom stereocenters. The van der Waals surface area contributed by atoms with Crippen molar-refractivity contribution < 1.29 is 4.79 Å². The molecule has 0 aliphatic heterocycles. The van der Waals surface area contributed by atoms with Crippen molar-refractivity contribution >= 4 is 21.8 Å². The van der Waals surface area contributed by atoms with Crippen LogP contribution in [-0.2, 0) is 4.79 Å². The summed E-state index contributed by atoms with van der Waals surface area (Å²) in [6.45, 7) is 4.34. The lowest BCUT2D eigenvalue weighted by atomic mass is 9.86. The molecular weight excluding hydrogens is 254 g/mol. The highest BCUT2D eigenvalue weighted by molar-refractivity contribution is 9.10. The lowest BCUT2D eigenvalue weighted by molar-refractivity contribution is -0.132. The summed E-state index contributed by atoms with van der Waals surface area (Å²) in [6.07, 6.45) is 5.74. The fourth-order valence-corrected chi connectivity index (χ4v) is 2.53. The van der Waals surface area contributed by atoms with Gasteiger partial charge in [-0.15, -0.1) is 0 Å². The largest absolute Gasteiger partial charge is 0.342 e. The van der Waals surface area contributed by atoms with E-state index in [4.69, 9.17) is 0 Å². The molecule has 0 heterocycles. The highest BCUT2D eigenvalue weighted by Crippen LogP contribution is 2.27. The summed E-state index contributed by atoms with van der Waals surface area (Å²) in [5.74, 6) is 1.09. The van der Waals surface area contributed by atoms with Crippen molar-refractivity contribution in [2.75, 3.05) is 7.05 Å². The number of rotatable bonds is 3. The predicted octanol–water partition coefficient (Wildman–Crippen LogP) is 3.20. The summed E-state index contributed by atoms with van der Waals surface area (Å²) >= 11 is 3.43. The molecule has 1 amide bonds. The highest BCUT2D eigenvalue weighted by atomic mass is 79.9. The van der Waals surface area contributed by atoms with E-state index in [-0.39, 0.29) is 10.7 Å². The van der Waals surface area contributed by atoms with Gasteiger partial charge in [-0.1, -0.05) is 29.8 Å². The van der Waals surface area contributed by atoms with E-state index in [0.29, 0.717) is 6.04 Å². The van der Waals surface area contributed by atoms with Crippen LogP contribution in [0.25, 0.3) is 0 Å². The van der Waals surface area contributed by atoms with Gasteiger partial charge in [-0.05, 0) is 38.0 Å². The third-order valence-electron chi connectivity index (χ3n) is 3.51. The number of halogens is 1. The van der Waals surface area contributed by atoms with Crippen LogP contribution in [0.5, 0.6) is 0 Å². The molecule has 0 aromatic heterocycles. The Hall–Kier alpha value is -0.0500. The molecule has 0 aromatic carbocycles. The lowest BCUT2D eigenvalue weighted by Crippen LogP contribution is -2.42. The molecule has 0 aromatic rings. The summed E-state index contributed by atoms with van der Waals surface area (Å²) in [6, 6.07) is 0.472. The highest BCUT2D eigenvalue weighted by Gasteiger charge is 2.27. The van der Waals surface area contributed by atoms with Gasteiger partial charge in [0.15, 0.2) is 0 Å². The van der Waals surface area contributed by atoms with Gasteiger partial charge in [0, 0.05) is 13.1 Å². The van der Waals surface area contributed by atoms with E-state index in [1.54, 1.807) is 0 Å². The Morgan fingerprint density at radius 2 is 1.93 bits per heavy atom. The third-order valence-corrected chi connectivity index (χ3v) is 4.55. The number of carbonyl (C=O) groups is 1. The summed E-state index contributed by atoms with van der Waals surface area (Å²) in [5, 5.41) is 0. The maximum absolute atomic E-state index is 11.9. The molecule has 2 nitrogen and oxygen atoms in total.